The Labute approximate surface area is 199 Å². The van der Waals surface area contributed by atoms with Crippen molar-refractivity contribution in [3.63, 3.8) is 0 Å². The fourth-order valence-corrected chi connectivity index (χ4v) is 3.56. The van der Waals surface area contributed by atoms with E-state index in [9.17, 15) is 15.0 Å². The van der Waals surface area contributed by atoms with E-state index in [0.717, 1.165) is 52.0 Å². The molecule has 0 bridgehead atoms. The van der Waals surface area contributed by atoms with Crippen LogP contribution in [0.4, 0.5) is 4.79 Å². The largest absolute Gasteiger partial charge is 0.450 e. The number of ether oxygens (including phenoxy) is 3. The van der Waals surface area contributed by atoms with Crippen LogP contribution in [-0.2, 0) is 14.2 Å². The molecule has 0 aliphatic carbocycles. The van der Waals surface area contributed by atoms with E-state index in [-0.39, 0.29) is 6.09 Å². The lowest BCUT2D eigenvalue weighted by Crippen LogP contribution is -2.49. The lowest BCUT2D eigenvalue weighted by atomic mass is 10.2. The van der Waals surface area contributed by atoms with Crippen molar-refractivity contribution in [2.24, 2.45) is 5.73 Å². The third-order valence-electron chi connectivity index (χ3n) is 5.56. The number of piperazine rings is 1. The Bertz CT molecular complexity index is 466. The quantitative estimate of drug-likeness (QED) is 0.185. The Morgan fingerprint density at radius 1 is 0.970 bits per heavy atom. The predicted molar refractivity (Wildman–Crippen MR) is 128 cm³/mol. The third kappa shape index (κ3) is 16.3. The summed E-state index contributed by atoms with van der Waals surface area (Å²) in [5.74, 6) is 0. The van der Waals surface area contributed by atoms with Gasteiger partial charge in [-0.2, -0.15) is 0 Å². The first kappa shape index (κ1) is 30.0. The molecule has 1 rings (SSSR count). The van der Waals surface area contributed by atoms with Crippen LogP contribution in [-0.4, -0.2) is 124 Å². The monoisotopic (exact) mass is 476 g/mol. The zero-order valence-electron chi connectivity index (χ0n) is 20.6. The minimum Gasteiger partial charge on any atom is -0.450 e. The van der Waals surface area contributed by atoms with E-state index in [0.29, 0.717) is 59.1 Å². The maximum absolute atomic E-state index is 11.7. The predicted octanol–water partition coefficient (Wildman–Crippen LogP) is 0.404. The molecule has 10 heteroatoms. The Kier molecular flexibility index (Phi) is 18.5. The molecule has 0 aromatic rings. The zero-order chi connectivity index (χ0) is 24.2. The number of nitrogens with zero attached hydrogens (tertiary/aromatic N) is 2. The van der Waals surface area contributed by atoms with Gasteiger partial charge in [0.1, 0.15) is 0 Å². The number of unbranched alkanes of at least 4 members (excludes halogenated alkanes) is 3. The van der Waals surface area contributed by atoms with Crippen LogP contribution >= 0.6 is 0 Å². The van der Waals surface area contributed by atoms with Crippen LogP contribution in [0.2, 0.25) is 0 Å². The first-order valence-electron chi connectivity index (χ1n) is 12.6. The Hall–Kier alpha value is -1.01. The Morgan fingerprint density at radius 2 is 1.64 bits per heavy atom. The molecule has 0 spiro atoms. The van der Waals surface area contributed by atoms with E-state index >= 15 is 0 Å². The number of hydrogen-bond donors (Lipinski definition) is 4. The highest BCUT2D eigenvalue weighted by Crippen LogP contribution is 2.06. The van der Waals surface area contributed by atoms with Crippen molar-refractivity contribution in [3.05, 3.63) is 0 Å². The number of aliphatic hydroxyl groups excluding tert-OH is 2. The molecule has 1 aliphatic heterocycles. The lowest BCUT2D eigenvalue weighted by molar-refractivity contribution is 0.00331. The SMILES string of the molecule is CCOC(=O)N1CCN(CCC(O)COCCCOCC(O)CNCCCCCCN)CC1. The average molecular weight is 477 g/mol. The van der Waals surface area contributed by atoms with Gasteiger partial charge < -0.3 is 40.4 Å². The normalized spacial score (nSPS) is 16.7. The highest BCUT2D eigenvalue weighted by Gasteiger charge is 2.22. The number of nitrogens with two attached hydrogens (primary N) is 1. The standard InChI is InChI=1S/C23H48N4O6/c1-2-33-23(30)27-14-12-26(13-15-27)11-8-21(28)19-31-16-7-17-32-20-22(29)18-25-10-6-4-3-5-9-24/h21-22,25,28-29H,2-20,24H2,1H3. The summed E-state index contributed by atoms with van der Waals surface area (Å²) in [4.78, 5) is 15.7. The summed E-state index contributed by atoms with van der Waals surface area (Å²) in [5, 5.41) is 23.3. The molecule has 1 amide bonds. The van der Waals surface area contributed by atoms with Gasteiger partial charge in [0.25, 0.3) is 0 Å². The summed E-state index contributed by atoms with van der Waals surface area (Å²) in [6, 6.07) is 0. The number of carbonyl (C=O) groups is 1. The molecule has 5 N–H and O–H groups in total. The molecule has 0 saturated carbocycles. The van der Waals surface area contributed by atoms with Gasteiger partial charge in [0.2, 0.25) is 0 Å². The van der Waals surface area contributed by atoms with Crippen LogP contribution in [0.5, 0.6) is 0 Å². The van der Waals surface area contributed by atoms with Gasteiger partial charge >= 0.3 is 6.09 Å². The van der Waals surface area contributed by atoms with Crippen molar-refractivity contribution in [2.75, 3.05) is 85.4 Å². The van der Waals surface area contributed by atoms with Crippen LogP contribution in [0.15, 0.2) is 0 Å². The number of nitrogens with one attached hydrogen (secondary N) is 1. The van der Waals surface area contributed by atoms with E-state index in [2.05, 4.69) is 10.2 Å². The summed E-state index contributed by atoms with van der Waals surface area (Å²) in [6.07, 6.45) is 4.63. The second kappa shape index (κ2) is 20.4. The molecule has 196 valence electrons. The van der Waals surface area contributed by atoms with Crippen LogP contribution in [0, 0.1) is 0 Å². The average Bonchev–Trinajstić information content (AvgIpc) is 2.82. The van der Waals surface area contributed by atoms with E-state index in [4.69, 9.17) is 19.9 Å². The van der Waals surface area contributed by atoms with Gasteiger partial charge in [-0.25, -0.2) is 4.79 Å². The summed E-state index contributed by atoms with van der Waals surface area (Å²) < 4.78 is 16.1. The van der Waals surface area contributed by atoms with Crippen LogP contribution in [0.25, 0.3) is 0 Å². The van der Waals surface area contributed by atoms with Crippen LogP contribution in [0.1, 0.15) is 45.4 Å². The van der Waals surface area contributed by atoms with E-state index in [1.54, 1.807) is 4.90 Å². The Balaban J connectivity index is 1.88. The van der Waals surface area contributed by atoms with Crippen molar-refractivity contribution in [2.45, 2.75) is 57.7 Å². The molecule has 1 heterocycles. The fourth-order valence-electron chi connectivity index (χ4n) is 3.56. The zero-order valence-corrected chi connectivity index (χ0v) is 20.6. The van der Waals surface area contributed by atoms with Gasteiger partial charge in [0.15, 0.2) is 0 Å². The number of carbonyl (C=O) groups excluding carboxylic acids is 1. The van der Waals surface area contributed by atoms with Gasteiger partial charge in [-0.1, -0.05) is 12.8 Å². The molecule has 10 nitrogen and oxygen atoms in total. The smallest absolute Gasteiger partial charge is 0.409 e. The van der Waals surface area contributed by atoms with Crippen LogP contribution in [0.3, 0.4) is 0 Å². The van der Waals surface area contributed by atoms with Gasteiger partial charge in [0.05, 0.1) is 32.0 Å². The highest BCUT2D eigenvalue weighted by molar-refractivity contribution is 5.67. The minimum absolute atomic E-state index is 0.245. The van der Waals surface area contributed by atoms with E-state index in [1.165, 1.54) is 12.8 Å². The molecule has 0 aromatic heterocycles. The first-order chi connectivity index (χ1) is 16.1. The van der Waals surface area contributed by atoms with Crippen molar-refractivity contribution in [1.29, 1.82) is 0 Å². The minimum atomic E-state index is -0.504. The maximum atomic E-state index is 11.7. The van der Waals surface area contributed by atoms with Gasteiger partial charge in [-0.3, -0.25) is 4.90 Å². The molecule has 1 fully saturated rings. The number of rotatable bonds is 20. The van der Waals surface area contributed by atoms with Crippen molar-refractivity contribution >= 4 is 6.09 Å². The van der Waals surface area contributed by atoms with E-state index in [1.807, 2.05) is 6.92 Å². The molecule has 0 radical (unpaired) electrons. The number of aliphatic hydroxyl groups is 2. The van der Waals surface area contributed by atoms with Gasteiger partial charge in [0, 0.05) is 52.5 Å². The van der Waals surface area contributed by atoms with Crippen LogP contribution < -0.4 is 11.1 Å². The van der Waals surface area contributed by atoms with E-state index < -0.39 is 12.2 Å². The second-order valence-corrected chi connectivity index (χ2v) is 8.53. The first-order valence-corrected chi connectivity index (χ1v) is 12.6. The number of hydrogen-bond acceptors (Lipinski definition) is 9. The summed E-state index contributed by atoms with van der Waals surface area (Å²) in [7, 11) is 0. The highest BCUT2D eigenvalue weighted by atomic mass is 16.6. The Morgan fingerprint density at radius 3 is 2.30 bits per heavy atom. The summed E-state index contributed by atoms with van der Waals surface area (Å²) in [5.41, 5.74) is 5.47. The second-order valence-electron chi connectivity index (χ2n) is 8.53. The van der Waals surface area contributed by atoms with Gasteiger partial charge in [-0.05, 0) is 45.7 Å². The summed E-state index contributed by atoms with van der Waals surface area (Å²) in [6.45, 7) is 9.75. The van der Waals surface area contributed by atoms with Crippen molar-refractivity contribution in [1.82, 2.24) is 15.1 Å². The molecular formula is C23H48N4O6. The fraction of sp³-hybridized carbons (Fsp3) is 0.957. The maximum Gasteiger partial charge on any atom is 0.409 e. The topological polar surface area (TPSA) is 130 Å². The van der Waals surface area contributed by atoms with Gasteiger partial charge in [-0.15, -0.1) is 0 Å². The molecule has 33 heavy (non-hydrogen) atoms. The molecule has 1 saturated heterocycles. The third-order valence-corrected chi connectivity index (χ3v) is 5.56. The molecule has 1 aliphatic rings. The van der Waals surface area contributed by atoms with Crippen molar-refractivity contribution < 1.29 is 29.2 Å². The molecular weight excluding hydrogens is 428 g/mol. The molecule has 2 atom stereocenters. The lowest BCUT2D eigenvalue weighted by Gasteiger charge is -2.34. The number of amides is 1. The summed E-state index contributed by atoms with van der Waals surface area (Å²) >= 11 is 0. The molecule has 2 unspecified atom stereocenters. The van der Waals surface area contributed by atoms with Crippen molar-refractivity contribution in [3.8, 4) is 0 Å². The molecule has 0 aromatic carbocycles.